The van der Waals surface area contributed by atoms with Crippen molar-refractivity contribution in [2.75, 3.05) is 11.9 Å². The second kappa shape index (κ2) is 9.43. The van der Waals surface area contributed by atoms with Gasteiger partial charge in [0.05, 0.1) is 0 Å². The summed E-state index contributed by atoms with van der Waals surface area (Å²) >= 11 is 0. The van der Waals surface area contributed by atoms with Gasteiger partial charge in [0.15, 0.2) is 0 Å². The quantitative estimate of drug-likeness (QED) is 0.185. The van der Waals surface area contributed by atoms with Gasteiger partial charge in [0.1, 0.15) is 0 Å². The van der Waals surface area contributed by atoms with Gasteiger partial charge in [0, 0.05) is 30.3 Å². The zero-order valence-corrected chi connectivity index (χ0v) is 26.3. The van der Waals surface area contributed by atoms with Crippen molar-refractivity contribution in [3.8, 4) is 33.4 Å². The maximum Gasteiger partial charge on any atom is 0.0450 e. The number of aryl methyl sites for hydroxylation is 1. The monoisotopic (exact) mass is 577 g/mol. The smallest absolute Gasteiger partial charge is 0.0450 e. The predicted molar refractivity (Wildman–Crippen MR) is 192 cm³/mol. The van der Waals surface area contributed by atoms with Gasteiger partial charge in [-0.3, -0.25) is 0 Å². The van der Waals surface area contributed by atoms with Crippen LogP contribution in [0.15, 0.2) is 127 Å². The fourth-order valence-electron chi connectivity index (χ4n) is 8.28. The van der Waals surface area contributed by atoms with Gasteiger partial charge < -0.3 is 4.90 Å². The Bertz CT molecular complexity index is 2360. The Morgan fingerprint density at radius 2 is 1.13 bits per heavy atom. The summed E-state index contributed by atoms with van der Waals surface area (Å²) < 4.78 is 0. The fraction of sp³-hybridized carbons (Fsp3) is 0.136. The van der Waals surface area contributed by atoms with E-state index in [9.17, 15) is 0 Å². The molecule has 0 atom stereocenters. The number of benzene rings is 7. The lowest BCUT2D eigenvalue weighted by Gasteiger charge is -2.31. The Morgan fingerprint density at radius 3 is 1.98 bits per heavy atom. The lowest BCUT2D eigenvalue weighted by molar-refractivity contribution is 0.660. The van der Waals surface area contributed by atoms with Gasteiger partial charge in [-0.2, -0.15) is 0 Å². The van der Waals surface area contributed by atoms with Crippen molar-refractivity contribution in [2.45, 2.75) is 32.6 Å². The summed E-state index contributed by atoms with van der Waals surface area (Å²) in [6, 6.07) is 48.0. The third kappa shape index (κ3) is 3.74. The highest BCUT2D eigenvalue weighted by atomic mass is 15.1. The van der Waals surface area contributed by atoms with Crippen LogP contribution in [0.1, 0.15) is 41.7 Å². The molecular weight excluding hydrogens is 542 g/mol. The van der Waals surface area contributed by atoms with Crippen molar-refractivity contribution in [3.63, 3.8) is 0 Å². The van der Waals surface area contributed by atoms with Crippen molar-refractivity contribution < 1.29 is 0 Å². The van der Waals surface area contributed by atoms with Crippen molar-refractivity contribution in [3.05, 3.63) is 155 Å². The summed E-state index contributed by atoms with van der Waals surface area (Å²) in [5.41, 5.74) is 17.3. The normalized spacial score (nSPS) is 14.3. The Hall–Kier alpha value is -5.14. The zero-order chi connectivity index (χ0) is 30.4. The van der Waals surface area contributed by atoms with Crippen LogP contribution in [0, 0.1) is 6.92 Å². The molecule has 0 saturated heterocycles. The van der Waals surface area contributed by atoms with E-state index in [-0.39, 0.29) is 5.41 Å². The van der Waals surface area contributed by atoms with Crippen molar-refractivity contribution in [2.24, 2.45) is 0 Å². The Labute approximate surface area is 265 Å². The molecule has 0 unspecified atom stereocenters. The summed E-state index contributed by atoms with van der Waals surface area (Å²) in [7, 11) is 2.21. The molecular formula is C44H35N. The van der Waals surface area contributed by atoms with E-state index in [0.717, 1.165) is 6.42 Å². The van der Waals surface area contributed by atoms with Crippen molar-refractivity contribution in [1.82, 2.24) is 0 Å². The van der Waals surface area contributed by atoms with Crippen molar-refractivity contribution in [1.29, 1.82) is 0 Å². The average molecular weight is 578 g/mol. The predicted octanol–water partition coefficient (Wildman–Crippen LogP) is 11.6. The van der Waals surface area contributed by atoms with E-state index in [1.807, 2.05) is 0 Å². The number of fused-ring (bicyclic) bond motifs is 7. The van der Waals surface area contributed by atoms with Crippen LogP contribution in [-0.2, 0) is 11.8 Å². The van der Waals surface area contributed by atoms with Crippen LogP contribution >= 0.6 is 0 Å². The second-order valence-electron chi connectivity index (χ2n) is 13.5. The van der Waals surface area contributed by atoms with Gasteiger partial charge in [-0.15, -0.1) is 0 Å². The molecule has 1 heteroatoms. The van der Waals surface area contributed by atoms with Gasteiger partial charge in [0.2, 0.25) is 0 Å². The Kier molecular flexibility index (Phi) is 5.51. The molecule has 0 amide bonds. The molecule has 7 aromatic carbocycles. The van der Waals surface area contributed by atoms with Gasteiger partial charge in [-0.1, -0.05) is 129 Å². The minimum Gasteiger partial charge on any atom is -0.344 e. The molecule has 0 fully saturated rings. The number of anilines is 2. The van der Waals surface area contributed by atoms with E-state index in [1.54, 1.807) is 0 Å². The average Bonchev–Trinajstić information content (AvgIpc) is 3.29. The summed E-state index contributed by atoms with van der Waals surface area (Å²) in [6.45, 7) is 6.96. The molecule has 45 heavy (non-hydrogen) atoms. The molecule has 0 bridgehead atoms. The van der Waals surface area contributed by atoms with Crippen LogP contribution in [0.2, 0.25) is 0 Å². The van der Waals surface area contributed by atoms with Crippen LogP contribution in [0.5, 0.6) is 0 Å². The molecule has 0 saturated carbocycles. The summed E-state index contributed by atoms with van der Waals surface area (Å²) in [4.78, 5) is 2.37. The van der Waals surface area contributed by atoms with Crippen LogP contribution in [0.3, 0.4) is 0 Å². The topological polar surface area (TPSA) is 3.24 Å². The first-order valence-corrected chi connectivity index (χ1v) is 16.0. The Morgan fingerprint density at radius 1 is 0.511 bits per heavy atom. The molecule has 0 radical (unpaired) electrons. The second-order valence-corrected chi connectivity index (χ2v) is 13.5. The SMILES string of the molecule is Cc1ccc2c(-c3ccc4c(c3)N(C)c3ccccc3C4)c3ccccc3c(-c3ccc4c(c3)C(C)(C)c3ccccc3-4)c2c1. The van der Waals surface area contributed by atoms with E-state index >= 15 is 0 Å². The van der Waals surface area contributed by atoms with Gasteiger partial charge >= 0.3 is 0 Å². The molecule has 216 valence electrons. The molecule has 1 heterocycles. The van der Waals surface area contributed by atoms with Gasteiger partial charge in [-0.25, -0.2) is 0 Å². The molecule has 1 aliphatic carbocycles. The number of nitrogens with zero attached hydrogens (tertiary/aromatic N) is 1. The van der Waals surface area contributed by atoms with E-state index in [0.29, 0.717) is 0 Å². The maximum atomic E-state index is 2.48. The van der Waals surface area contributed by atoms with E-state index in [1.165, 1.54) is 94.1 Å². The van der Waals surface area contributed by atoms with E-state index < -0.39 is 0 Å². The standard InChI is InChI=1S/C44H35N/c1-27-17-21-36-37(23-27)43(30-20-22-33-32-12-8-9-15-38(32)44(2,3)39(33)25-30)35-14-7-6-13-34(35)42(36)31-19-18-29-24-28-11-5-10-16-40(28)45(4)41(29)26-31/h5-23,25-26H,24H2,1-4H3. The third-order valence-corrected chi connectivity index (χ3v) is 10.5. The molecule has 9 rings (SSSR count). The minimum absolute atomic E-state index is 0.0445. The molecule has 0 spiro atoms. The molecule has 0 N–H and O–H groups in total. The summed E-state index contributed by atoms with van der Waals surface area (Å²) in [5, 5.41) is 5.21. The fourth-order valence-corrected chi connectivity index (χ4v) is 8.28. The number of hydrogen-bond acceptors (Lipinski definition) is 1. The first-order chi connectivity index (χ1) is 21.9. The third-order valence-electron chi connectivity index (χ3n) is 10.5. The lowest BCUT2D eigenvalue weighted by Crippen LogP contribution is -2.18. The number of hydrogen-bond donors (Lipinski definition) is 0. The first-order valence-electron chi connectivity index (χ1n) is 16.0. The highest BCUT2D eigenvalue weighted by Crippen LogP contribution is 2.51. The highest BCUT2D eigenvalue weighted by molar-refractivity contribution is 6.21. The van der Waals surface area contributed by atoms with Crippen LogP contribution in [-0.4, -0.2) is 7.05 Å². The zero-order valence-electron chi connectivity index (χ0n) is 26.3. The summed E-state index contributed by atoms with van der Waals surface area (Å²) in [5.74, 6) is 0. The van der Waals surface area contributed by atoms with Crippen LogP contribution < -0.4 is 4.90 Å². The Balaban J connectivity index is 1.30. The molecule has 1 nitrogen and oxygen atoms in total. The van der Waals surface area contributed by atoms with Crippen molar-refractivity contribution >= 4 is 32.9 Å². The molecule has 1 aliphatic heterocycles. The molecule has 0 aromatic heterocycles. The van der Waals surface area contributed by atoms with Crippen LogP contribution in [0.4, 0.5) is 11.4 Å². The highest BCUT2D eigenvalue weighted by Gasteiger charge is 2.35. The minimum atomic E-state index is -0.0445. The van der Waals surface area contributed by atoms with Gasteiger partial charge in [0.25, 0.3) is 0 Å². The lowest BCUT2D eigenvalue weighted by atomic mass is 9.80. The first kappa shape index (κ1) is 26.3. The van der Waals surface area contributed by atoms with E-state index in [2.05, 4.69) is 160 Å². The number of rotatable bonds is 2. The largest absolute Gasteiger partial charge is 0.344 e. The van der Waals surface area contributed by atoms with Crippen LogP contribution in [0.25, 0.3) is 54.9 Å². The summed E-state index contributed by atoms with van der Waals surface area (Å²) in [6.07, 6.45) is 0.967. The molecule has 2 aliphatic rings. The number of para-hydroxylation sites is 1. The molecule has 7 aromatic rings. The maximum absolute atomic E-state index is 2.48. The van der Waals surface area contributed by atoms with E-state index in [4.69, 9.17) is 0 Å². The van der Waals surface area contributed by atoms with Gasteiger partial charge in [-0.05, 0) is 102 Å².